The number of ether oxygens (including phenoxy) is 1. The lowest BCUT2D eigenvalue weighted by atomic mass is 10.1. The largest absolute Gasteiger partial charge is 0.481 e. The van der Waals surface area contributed by atoms with Crippen LogP contribution >= 0.6 is 46.4 Å². The molecule has 0 aromatic heterocycles. The summed E-state index contributed by atoms with van der Waals surface area (Å²) in [7, 11) is -4.18. The van der Waals surface area contributed by atoms with Crippen LogP contribution in [0.2, 0.25) is 20.1 Å². The summed E-state index contributed by atoms with van der Waals surface area (Å²) >= 11 is 23.9. The van der Waals surface area contributed by atoms with Crippen molar-refractivity contribution >= 4 is 68.2 Å². The molecule has 2 rings (SSSR count). The number of carboxylic acids is 2. The molecule has 0 unspecified atom stereocenters. The molecule has 0 bridgehead atoms. The lowest BCUT2D eigenvalue weighted by molar-refractivity contribution is -0.139. The van der Waals surface area contributed by atoms with Crippen molar-refractivity contribution in [1.29, 1.82) is 0 Å². The highest BCUT2D eigenvalue weighted by Crippen LogP contribution is 2.38. The van der Waals surface area contributed by atoms with Gasteiger partial charge in [0.05, 0.1) is 26.3 Å². The van der Waals surface area contributed by atoms with Gasteiger partial charge >= 0.3 is 11.9 Å². The minimum atomic E-state index is -4.18. The molecule has 2 aromatic rings. The average molecular weight is 488 g/mol. The first-order chi connectivity index (χ1) is 12.9. The average Bonchev–Trinajstić information content (AvgIpc) is 2.56. The number of hydrogen-bond donors (Lipinski definition) is 2. The van der Waals surface area contributed by atoms with E-state index in [0.29, 0.717) is 0 Å². The van der Waals surface area contributed by atoms with Gasteiger partial charge in [0.15, 0.2) is 12.4 Å². The lowest BCUT2D eigenvalue weighted by Gasteiger charge is -2.12. The molecule has 0 atom stereocenters. The highest BCUT2D eigenvalue weighted by atomic mass is 35.5. The molecule has 0 heterocycles. The van der Waals surface area contributed by atoms with Gasteiger partial charge in [0.2, 0.25) is 9.84 Å². The van der Waals surface area contributed by atoms with Crippen LogP contribution in [0.1, 0.15) is 5.56 Å². The van der Waals surface area contributed by atoms with E-state index in [1.165, 1.54) is 0 Å². The summed E-state index contributed by atoms with van der Waals surface area (Å²) in [4.78, 5) is 20.8. The lowest BCUT2D eigenvalue weighted by Crippen LogP contribution is -2.10. The van der Waals surface area contributed by atoms with Gasteiger partial charge in [-0.05, 0) is 24.3 Å². The predicted octanol–water partition coefficient (Wildman–Crippen LogP) is 4.22. The van der Waals surface area contributed by atoms with Crippen LogP contribution in [0.4, 0.5) is 0 Å². The Balaban J connectivity index is 2.50. The first kappa shape index (κ1) is 22.6. The number of sulfone groups is 1. The Bertz CT molecular complexity index is 1020. The Morgan fingerprint density at radius 1 is 0.821 bits per heavy atom. The van der Waals surface area contributed by atoms with E-state index >= 15 is 0 Å². The van der Waals surface area contributed by atoms with Crippen LogP contribution < -0.4 is 4.74 Å². The molecular weight excluding hydrogens is 478 g/mol. The van der Waals surface area contributed by atoms with E-state index < -0.39 is 34.8 Å². The molecule has 2 aromatic carbocycles. The van der Waals surface area contributed by atoms with Crippen molar-refractivity contribution in [2.24, 2.45) is 0 Å². The van der Waals surface area contributed by atoms with Crippen LogP contribution in [0.3, 0.4) is 0 Å². The fourth-order valence-corrected chi connectivity index (χ4v) is 4.99. The number of hydrogen-bond acceptors (Lipinski definition) is 5. The zero-order valence-corrected chi connectivity index (χ0v) is 17.4. The highest BCUT2D eigenvalue weighted by Gasteiger charge is 2.24. The quantitative estimate of drug-likeness (QED) is 0.599. The summed E-state index contributed by atoms with van der Waals surface area (Å²) in [6, 6.07) is 4.20. The molecule has 12 heteroatoms. The molecular formula is C16H10Cl4O7S. The van der Waals surface area contributed by atoms with Crippen molar-refractivity contribution < 1.29 is 33.0 Å². The Morgan fingerprint density at radius 3 is 1.64 bits per heavy atom. The number of halogens is 4. The fourth-order valence-electron chi connectivity index (χ4n) is 2.15. The Kier molecular flexibility index (Phi) is 7.06. The number of aliphatic carboxylic acids is 2. The van der Waals surface area contributed by atoms with Crippen LogP contribution in [-0.4, -0.2) is 37.2 Å². The van der Waals surface area contributed by atoms with Crippen molar-refractivity contribution in [2.75, 3.05) is 6.61 Å². The second-order valence-corrected chi connectivity index (χ2v) is 8.92. The maximum absolute atomic E-state index is 12.9. The maximum atomic E-state index is 12.9. The van der Waals surface area contributed by atoms with E-state index in [9.17, 15) is 18.0 Å². The molecule has 28 heavy (non-hydrogen) atoms. The maximum Gasteiger partial charge on any atom is 0.341 e. The molecule has 0 radical (unpaired) electrons. The van der Waals surface area contributed by atoms with Crippen molar-refractivity contribution in [3.8, 4) is 5.75 Å². The van der Waals surface area contributed by atoms with Crippen molar-refractivity contribution in [3.63, 3.8) is 0 Å². The first-order valence-corrected chi connectivity index (χ1v) is 10.2. The van der Waals surface area contributed by atoms with Gasteiger partial charge in [0.1, 0.15) is 0 Å². The third-order valence-corrected chi connectivity index (χ3v) is 6.32. The van der Waals surface area contributed by atoms with Crippen molar-refractivity contribution in [2.45, 2.75) is 16.2 Å². The van der Waals surface area contributed by atoms with Gasteiger partial charge in [-0.1, -0.05) is 46.4 Å². The zero-order valence-electron chi connectivity index (χ0n) is 13.6. The van der Waals surface area contributed by atoms with E-state index in [1.54, 1.807) is 0 Å². The van der Waals surface area contributed by atoms with Crippen molar-refractivity contribution in [3.05, 3.63) is 49.9 Å². The molecule has 7 nitrogen and oxygen atoms in total. The molecule has 0 saturated heterocycles. The first-order valence-electron chi connectivity index (χ1n) is 7.22. The molecule has 150 valence electrons. The summed E-state index contributed by atoms with van der Waals surface area (Å²) < 4.78 is 30.7. The molecule has 0 aliphatic heterocycles. The highest BCUT2D eigenvalue weighted by molar-refractivity contribution is 7.91. The molecule has 0 spiro atoms. The summed E-state index contributed by atoms with van der Waals surface area (Å²) in [5.74, 6) is -2.64. The number of carboxylic acid groups (broad SMARTS) is 2. The minimum absolute atomic E-state index is 0.0725. The molecule has 0 aliphatic rings. The van der Waals surface area contributed by atoms with Gasteiger partial charge in [0.25, 0.3) is 0 Å². The predicted molar refractivity (Wildman–Crippen MR) is 103 cm³/mol. The standard InChI is InChI=1S/C16H10Cl4O7S/c17-10-1-7(2-11(18)9(10)5-14(21)22)28(25,26)8-3-12(19)16(13(20)4-8)27-6-15(23)24/h1-4H,5-6H2,(H,21,22)(H,23,24). The summed E-state index contributed by atoms with van der Waals surface area (Å²) in [6.45, 7) is -0.720. The van der Waals surface area contributed by atoms with Gasteiger partial charge in [-0.2, -0.15) is 0 Å². The topological polar surface area (TPSA) is 118 Å². The van der Waals surface area contributed by atoms with Crippen LogP contribution in [0.15, 0.2) is 34.1 Å². The second kappa shape index (κ2) is 8.75. The number of carbonyl (C=O) groups is 2. The molecule has 2 N–H and O–H groups in total. The number of benzene rings is 2. The Morgan fingerprint density at radius 2 is 1.25 bits per heavy atom. The SMILES string of the molecule is O=C(O)COc1c(Cl)cc(S(=O)(=O)c2cc(Cl)c(CC(=O)O)c(Cl)c2)cc1Cl. The van der Waals surface area contributed by atoms with Crippen LogP contribution in [0.25, 0.3) is 0 Å². The Hall–Kier alpha value is -1.71. The van der Waals surface area contributed by atoms with E-state index in [2.05, 4.69) is 0 Å². The van der Waals surface area contributed by atoms with Gasteiger partial charge < -0.3 is 14.9 Å². The number of rotatable bonds is 7. The van der Waals surface area contributed by atoms with E-state index in [1.807, 2.05) is 0 Å². The molecule has 0 amide bonds. The smallest absolute Gasteiger partial charge is 0.341 e. The Labute approximate surface area is 179 Å². The van der Waals surface area contributed by atoms with Gasteiger partial charge in [-0.25, -0.2) is 13.2 Å². The summed E-state index contributed by atoms with van der Waals surface area (Å²) in [5, 5.41) is 16.8. The van der Waals surface area contributed by atoms with Crippen LogP contribution in [-0.2, 0) is 25.8 Å². The van der Waals surface area contributed by atoms with Crippen LogP contribution in [0.5, 0.6) is 5.75 Å². The van der Waals surface area contributed by atoms with Crippen LogP contribution in [0, 0.1) is 0 Å². The minimum Gasteiger partial charge on any atom is -0.481 e. The summed E-state index contributed by atoms with van der Waals surface area (Å²) in [6.07, 6.45) is -0.481. The van der Waals surface area contributed by atoms with Crippen molar-refractivity contribution in [1.82, 2.24) is 0 Å². The fraction of sp³-hybridized carbons (Fsp3) is 0.125. The van der Waals surface area contributed by atoms with Gasteiger partial charge in [-0.3, -0.25) is 4.79 Å². The normalized spacial score (nSPS) is 11.3. The molecule has 0 fully saturated rings. The van der Waals surface area contributed by atoms with Gasteiger partial charge in [0, 0.05) is 15.6 Å². The third-order valence-electron chi connectivity index (χ3n) is 3.37. The van der Waals surface area contributed by atoms with E-state index in [-0.39, 0.29) is 41.2 Å². The second-order valence-electron chi connectivity index (χ2n) is 5.34. The third kappa shape index (κ3) is 5.01. The molecule has 0 saturated carbocycles. The van der Waals surface area contributed by atoms with E-state index in [4.69, 9.17) is 61.4 Å². The monoisotopic (exact) mass is 486 g/mol. The van der Waals surface area contributed by atoms with Gasteiger partial charge in [-0.15, -0.1) is 0 Å². The zero-order chi connectivity index (χ0) is 21.2. The van der Waals surface area contributed by atoms with E-state index in [0.717, 1.165) is 24.3 Å². The summed E-state index contributed by atoms with van der Waals surface area (Å²) in [5.41, 5.74) is 0.0725. The molecule has 0 aliphatic carbocycles.